The van der Waals surface area contributed by atoms with Gasteiger partial charge in [0.05, 0.1) is 17.8 Å². The van der Waals surface area contributed by atoms with Crippen LogP contribution in [0.4, 0.5) is 0 Å². The van der Waals surface area contributed by atoms with Gasteiger partial charge in [-0.1, -0.05) is 66.7 Å². The summed E-state index contributed by atoms with van der Waals surface area (Å²) in [6.45, 7) is 16.0. The van der Waals surface area contributed by atoms with Gasteiger partial charge < -0.3 is 15.3 Å². The molecule has 4 aliphatic rings. The lowest BCUT2D eigenvalue weighted by molar-refractivity contribution is -0.216. The molecule has 32 heavy (non-hydrogen) atoms. The smallest absolute Gasteiger partial charge is 0.0920 e. The molecule has 0 heterocycles. The third-order valence-corrected chi connectivity index (χ3v) is 11.5. The second kappa shape index (κ2) is 7.95. The van der Waals surface area contributed by atoms with Gasteiger partial charge in [0.15, 0.2) is 0 Å². The van der Waals surface area contributed by atoms with Crippen LogP contribution in [0.1, 0.15) is 93.4 Å². The lowest BCUT2D eigenvalue weighted by Crippen LogP contribution is -2.68. The van der Waals surface area contributed by atoms with Crippen LogP contribution in [-0.2, 0) is 0 Å². The number of rotatable bonds is 4. The molecule has 0 amide bonds. The molecule has 0 aromatic rings. The Labute approximate surface area is 196 Å². The fraction of sp³-hybridized carbons (Fsp3) is 0.862. The van der Waals surface area contributed by atoms with E-state index in [1.807, 2.05) is 6.08 Å². The summed E-state index contributed by atoms with van der Waals surface area (Å²) in [6, 6.07) is 0. The third-order valence-electron chi connectivity index (χ3n) is 11.5. The Hall–Kier alpha value is -0.640. The Bertz CT molecular complexity index is 785. The Balaban J connectivity index is 1.67. The summed E-state index contributed by atoms with van der Waals surface area (Å²) in [5.74, 6) is 2.73. The van der Waals surface area contributed by atoms with Crippen molar-refractivity contribution in [2.24, 2.45) is 45.8 Å². The predicted octanol–water partition coefficient (Wildman–Crippen LogP) is 5.89. The molecule has 0 radical (unpaired) electrons. The monoisotopic (exact) mass is 444 g/mol. The number of allylic oxidation sites excluding steroid dienone is 2. The maximum Gasteiger partial charge on any atom is 0.0920 e. The first kappa shape index (κ1) is 24.5. The van der Waals surface area contributed by atoms with Crippen molar-refractivity contribution in [1.29, 1.82) is 0 Å². The number of aliphatic hydroxyl groups is 3. The zero-order chi connectivity index (χ0) is 23.7. The average molecular weight is 445 g/mol. The normalized spacial score (nSPS) is 50.5. The fourth-order valence-corrected chi connectivity index (χ4v) is 8.47. The molecule has 3 fully saturated rings. The van der Waals surface area contributed by atoms with E-state index in [0.29, 0.717) is 36.0 Å². The fourth-order valence-electron chi connectivity index (χ4n) is 8.47. The van der Waals surface area contributed by atoms with Gasteiger partial charge in [-0.2, -0.15) is 0 Å². The molecule has 3 nitrogen and oxygen atoms in total. The van der Waals surface area contributed by atoms with Gasteiger partial charge in [0.1, 0.15) is 0 Å². The van der Waals surface area contributed by atoms with Crippen LogP contribution in [-0.4, -0.2) is 33.1 Å². The van der Waals surface area contributed by atoms with Crippen LogP contribution < -0.4 is 0 Å². The lowest BCUT2D eigenvalue weighted by atomic mass is 9.40. The van der Waals surface area contributed by atoms with E-state index in [2.05, 4.69) is 60.6 Å². The topological polar surface area (TPSA) is 60.7 Å². The molecular formula is C29H48O3. The van der Waals surface area contributed by atoms with Crippen molar-refractivity contribution >= 4 is 0 Å². The summed E-state index contributed by atoms with van der Waals surface area (Å²) in [5.41, 5.74) is -0.464. The second-order valence-corrected chi connectivity index (χ2v) is 13.2. The maximum atomic E-state index is 12.4. The maximum absolute atomic E-state index is 12.4. The Morgan fingerprint density at radius 1 is 0.938 bits per heavy atom. The summed E-state index contributed by atoms with van der Waals surface area (Å²) < 4.78 is 0. The second-order valence-electron chi connectivity index (χ2n) is 13.2. The molecular weight excluding hydrogens is 396 g/mol. The number of hydrogen-bond donors (Lipinski definition) is 3. The molecule has 0 aromatic heterocycles. The average Bonchev–Trinajstić information content (AvgIpc) is 3.07. The van der Waals surface area contributed by atoms with Gasteiger partial charge in [0.25, 0.3) is 0 Å². The summed E-state index contributed by atoms with van der Waals surface area (Å²) in [4.78, 5) is 0. The van der Waals surface area contributed by atoms with Crippen molar-refractivity contribution in [3.8, 4) is 0 Å². The highest BCUT2D eigenvalue weighted by Crippen LogP contribution is 2.71. The molecule has 182 valence electrons. The zero-order valence-electron chi connectivity index (χ0n) is 21.6. The van der Waals surface area contributed by atoms with E-state index in [-0.39, 0.29) is 11.5 Å². The van der Waals surface area contributed by atoms with Crippen LogP contribution in [0, 0.1) is 45.8 Å². The summed E-state index contributed by atoms with van der Waals surface area (Å²) in [5, 5.41) is 34.1. The van der Waals surface area contributed by atoms with E-state index in [0.717, 1.165) is 37.7 Å². The summed E-state index contributed by atoms with van der Waals surface area (Å²) in [7, 11) is 0. The number of aliphatic hydroxyl groups excluding tert-OH is 2. The number of hydrogen-bond acceptors (Lipinski definition) is 3. The molecule has 2 unspecified atom stereocenters. The van der Waals surface area contributed by atoms with Gasteiger partial charge in [-0.3, -0.25) is 0 Å². The number of fused-ring (bicyclic) bond motifs is 5. The van der Waals surface area contributed by atoms with Gasteiger partial charge in [-0.15, -0.1) is 0 Å². The van der Waals surface area contributed by atoms with E-state index in [4.69, 9.17) is 0 Å². The van der Waals surface area contributed by atoms with Gasteiger partial charge in [-0.25, -0.2) is 0 Å². The van der Waals surface area contributed by atoms with Crippen molar-refractivity contribution in [1.82, 2.24) is 0 Å². The molecule has 0 aromatic carbocycles. The largest absolute Gasteiger partial charge is 0.393 e. The van der Waals surface area contributed by atoms with Crippen LogP contribution in [0.15, 0.2) is 23.8 Å². The van der Waals surface area contributed by atoms with Gasteiger partial charge in [0.2, 0.25) is 0 Å². The van der Waals surface area contributed by atoms with Crippen molar-refractivity contribution in [3.63, 3.8) is 0 Å². The molecule has 4 rings (SSSR count). The van der Waals surface area contributed by atoms with E-state index < -0.39 is 22.5 Å². The predicted molar refractivity (Wildman–Crippen MR) is 131 cm³/mol. The first-order chi connectivity index (χ1) is 14.8. The van der Waals surface area contributed by atoms with E-state index >= 15 is 0 Å². The summed E-state index contributed by atoms with van der Waals surface area (Å²) >= 11 is 0. The molecule has 0 saturated heterocycles. The van der Waals surface area contributed by atoms with E-state index in [1.165, 1.54) is 6.42 Å². The quantitative estimate of drug-likeness (QED) is 0.474. The minimum Gasteiger partial charge on any atom is -0.393 e. The first-order valence-corrected chi connectivity index (χ1v) is 13.3. The Morgan fingerprint density at radius 3 is 2.28 bits per heavy atom. The summed E-state index contributed by atoms with van der Waals surface area (Å²) in [6.07, 6.45) is 12.1. The van der Waals surface area contributed by atoms with Gasteiger partial charge in [-0.05, 0) is 85.5 Å². The highest BCUT2D eigenvalue weighted by atomic mass is 16.3. The van der Waals surface area contributed by atoms with Crippen molar-refractivity contribution < 1.29 is 15.3 Å². The van der Waals surface area contributed by atoms with Crippen molar-refractivity contribution in [3.05, 3.63) is 23.8 Å². The van der Waals surface area contributed by atoms with E-state index in [9.17, 15) is 15.3 Å². The molecule has 3 heteroatoms. The Morgan fingerprint density at radius 2 is 1.62 bits per heavy atom. The van der Waals surface area contributed by atoms with Crippen molar-refractivity contribution in [2.45, 2.75) is 111 Å². The SMILES string of the molecule is CC(C)C(C)/C=C/[C@@H](C)[C@H]1CCC2C3=C[C@H](O)[C@]4(C)C[C@@H](O)CC[C@@]4(C)[C@]3(O)CC[C@]21C. The third kappa shape index (κ3) is 3.24. The molecule has 3 saturated carbocycles. The molecule has 0 spiro atoms. The minimum atomic E-state index is -0.870. The van der Waals surface area contributed by atoms with Crippen molar-refractivity contribution in [2.75, 3.05) is 0 Å². The van der Waals surface area contributed by atoms with Crippen LogP contribution in [0.3, 0.4) is 0 Å². The van der Waals surface area contributed by atoms with Gasteiger partial charge >= 0.3 is 0 Å². The standard InChI is InChI=1S/C29H48O3/c1-18(2)19(3)8-9-20(4)22-10-11-23-24-16-25(31)27(6)17-21(30)12-13-28(27,7)29(24,32)15-14-26(22,23)5/h8-9,16,18-23,25,30-32H,10-15,17H2,1-7H3/b9-8+/t19?,20-,21+,22-,23?,25+,26+,27+,28-,29+/m1/s1. The zero-order valence-corrected chi connectivity index (χ0v) is 21.6. The molecule has 4 aliphatic carbocycles. The van der Waals surface area contributed by atoms with E-state index in [1.54, 1.807) is 0 Å². The molecule has 0 bridgehead atoms. The van der Waals surface area contributed by atoms with Gasteiger partial charge in [0, 0.05) is 10.8 Å². The van der Waals surface area contributed by atoms with Crippen LogP contribution in [0.5, 0.6) is 0 Å². The molecule has 10 atom stereocenters. The highest BCUT2D eigenvalue weighted by molar-refractivity contribution is 5.39. The highest BCUT2D eigenvalue weighted by Gasteiger charge is 2.69. The first-order valence-electron chi connectivity index (χ1n) is 13.3. The van der Waals surface area contributed by atoms with Crippen LogP contribution in [0.2, 0.25) is 0 Å². The molecule has 0 aliphatic heterocycles. The Kier molecular flexibility index (Phi) is 6.09. The van der Waals surface area contributed by atoms with Crippen LogP contribution >= 0.6 is 0 Å². The van der Waals surface area contributed by atoms with Crippen LogP contribution in [0.25, 0.3) is 0 Å². The lowest BCUT2D eigenvalue weighted by Gasteiger charge is -2.67. The molecule has 3 N–H and O–H groups in total. The minimum absolute atomic E-state index is 0.168.